The molecule has 3 fully saturated rings. The van der Waals surface area contributed by atoms with Crippen LogP contribution in [0.1, 0.15) is 19.3 Å². The van der Waals surface area contributed by atoms with E-state index in [-0.39, 0.29) is 40.1 Å². The fourth-order valence-corrected chi connectivity index (χ4v) is 7.84. The van der Waals surface area contributed by atoms with E-state index < -0.39 is 19.9 Å². The van der Waals surface area contributed by atoms with Gasteiger partial charge in [-0.1, -0.05) is 11.8 Å². The SMILES string of the molecule is CN1CCN(S(=O)(=O)c2ccc(SCC(=O)N(C3CC3)C3CCS(=O)(=O)C3)nc2)CC1. The summed E-state index contributed by atoms with van der Waals surface area (Å²) in [5.74, 6) is 0.277. The van der Waals surface area contributed by atoms with E-state index in [0.717, 1.165) is 12.8 Å². The third kappa shape index (κ3) is 5.41. The second-order valence-electron chi connectivity index (χ2n) is 8.42. The first-order valence-corrected chi connectivity index (χ1v) is 14.7. The van der Waals surface area contributed by atoms with Gasteiger partial charge in [0.25, 0.3) is 0 Å². The molecule has 1 aromatic rings. The second kappa shape index (κ2) is 8.97. The van der Waals surface area contributed by atoms with Gasteiger partial charge in [0.15, 0.2) is 9.84 Å². The highest BCUT2D eigenvalue weighted by Gasteiger charge is 2.41. The van der Waals surface area contributed by atoms with Crippen LogP contribution in [0.15, 0.2) is 28.3 Å². The molecule has 172 valence electrons. The molecule has 9 nitrogen and oxygen atoms in total. The third-order valence-electron chi connectivity index (χ3n) is 5.98. The lowest BCUT2D eigenvalue weighted by Crippen LogP contribution is -2.47. The molecule has 1 atom stereocenters. The van der Waals surface area contributed by atoms with Crippen molar-refractivity contribution in [3.8, 4) is 0 Å². The van der Waals surface area contributed by atoms with Gasteiger partial charge < -0.3 is 9.80 Å². The number of nitrogens with zero attached hydrogens (tertiary/aromatic N) is 4. The molecule has 0 spiro atoms. The van der Waals surface area contributed by atoms with E-state index in [9.17, 15) is 21.6 Å². The van der Waals surface area contributed by atoms with E-state index >= 15 is 0 Å². The Morgan fingerprint density at radius 1 is 1.16 bits per heavy atom. The number of thioether (sulfide) groups is 1. The Morgan fingerprint density at radius 2 is 1.87 bits per heavy atom. The van der Waals surface area contributed by atoms with Crippen molar-refractivity contribution in [1.29, 1.82) is 0 Å². The molecule has 1 amide bonds. The molecule has 0 aromatic carbocycles. The van der Waals surface area contributed by atoms with Crippen molar-refractivity contribution in [3.05, 3.63) is 18.3 Å². The first-order chi connectivity index (χ1) is 14.7. The molecule has 12 heteroatoms. The number of hydrogen-bond donors (Lipinski definition) is 0. The number of likely N-dealkylation sites (N-methyl/N-ethyl adjacent to an activating group) is 1. The lowest BCUT2D eigenvalue weighted by atomic mass is 10.2. The monoisotopic (exact) mass is 488 g/mol. The van der Waals surface area contributed by atoms with Crippen LogP contribution in [0.4, 0.5) is 0 Å². The topological polar surface area (TPSA) is 108 Å². The zero-order valence-corrected chi connectivity index (χ0v) is 20.0. The minimum absolute atomic E-state index is 0.0526. The fourth-order valence-electron chi connectivity index (χ4n) is 4.05. The summed E-state index contributed by atoms with van der Waals surface area (Å²) in [6.07, 6.45) is 3.70. The van der Waals surface area contributed by atoms with Crippen LogP contribution in [0, 0.1) is 0 Å². The van der Waals surface area contributed by atoms with Crippen LogP contribution in [-0.2, 0) is 24.7 Å². The summed E-state index contributed by atoms with van der Waals surface area (Å²) in [5.41, 5.74) is 0. The van der Waals surface area contributed by atoms with Crippen LogP contribution in [0.25, 0.3) is 0 Å². The molecule has 2 saturated heterocycles. The van der Waals surface area contributed by atoms with Gasteiger partial charge in [0.05, 0.1) is 22.3 Å². The van der Waals surface area contributed by atoms with E-state index in [0.29, 0.717) is 37.6 Å². The summed E-state index contributed by atoms with van der Waals surface area (Å²) in [6, 6.07) is 3.09. The van der Waals surface area contributed by atoms with Crippen LogP contribution >= 0.6 is 11.8 Å². The van der Waals surface area contributed by atoms with E-state index in [1.54, 1.807) is 11.0 Å². The van der Waals surface area contributed by atoms with Gasteiger partial charge in [-0.15, -0.1) is 0 Å². The van der Waals surface area contributed by atoms with Gasteiger partial charge in [0.1, 0.15) is 4.90 Å². The number of rotatable bonds is 7. The number of amides is 1. The molecule has 3 heterocycles. The minimum Gasteiger partial charge on any atom is -0.335 e. The second-order valence-corrected chi connectivity index (χ2v) is 13.6. The Balaban J connectivity index is 1.36. The van der Waals surface area contributed by atoms with Crippen molar-refractivity contribution in [3.63, 3.8) is 0 Å². The van der Waals surface area contributed by atoms with Gasteiger partial charge in [0.2, 0.25) is 15.9 Å². The quantitative estimate of drug-likeness (QED) is 0.504. The average molecular weight is 489 g/mol. The van der Waals surface area contributed by atoms with E-state index in [4.69, 9.17) is 0 Å². The van der Waals surface area contributed by atoms with Gasteiger partial charge in [-0.2, -0.15) is 4.31 Å². The van der Waals surface area contributed by atoms with Crippen LogP contribution in [0.2, 0.25) is 0 Å². The highest BCUT2D eigenvalue weighted by molar-refractivity contribution is 7.99. The fraction of sp³-hybridized carbons (Fsp3) is 0.684. The maximum atomic E-state index is 12.8. The van der Waals surface area contributed by atoms with Gasteiger partial charge in [-0.05, 0) is 38.4 Å². The summed E-state index contributed by atoms with van der Waals surface area (Å²) in [7, 11) is -4.66. The summed E-state index contributed by atoms with van der Waals surface area (Å²) < 4.78 is 50.7. The molecule has 0 bridgehead atoms. The molecule has 2 aliphatic heterocycles. The molecular formula is C19H28N4O5S3. The number of piperazine rings is 1. The highest BCUT2D eigenvalue weighted by atomic mass is 32.2. The van der Waals surface area contributed by atoms with Crippen LogP contribution in [-0.4, -0.2) is 104 Å². The zero-order valence-electron chi connectivity index (χ0n) is 17.5. The molecule has 1 aliphatic carbocycles. The standard InChI is InChI=1S/C19H28N4O5S3/c1-21-7-9-22(10-8-21)31(27,28)17-4-5-18(20-12-17)29-13-19(24)23(15-2-3-15)16-6-11-30(25,26)14-16/h4-5,12,15-16H,2-3,6-11,13-14H2,1H3. The smallest absolute Gasteiger partial charge is 0.244 e. The number of carbonyl (C=O) groups excluding carboxylic acids is 1. The number of aromatic nitrogens is 1. The Kier molecular flexibility index (Phi) is 6.64. The summed E-state index contributed by atoms with van der Waals surface area (Å²) in [4.78, 5) is 21.1. The molecule has 1 saturated carbocycles. The van der Waals surface area contributed by atoms with Crippen molar-refractivity contribution in [2.24, 2.45) is 0 Å². The molecule has 3 aliphatic rings. The van der Waals surface area contributed by atoms with Crippen molar-refractivity contribution < 1.29 is 21.6 Å². The molecule has 31 heavy (non-hydrogen) atoms. The van der Waals surface area contributed by atoms with Crippen molar-refractivity contribution in [2.75, 3.05) is 50.5 Å². The molecule has 0 radical (unpaired) electrons. The van der Waals surface area contributed by atoms with Gasteiger partial charge in [-0.3, -0.25) is 4.79 Å². The summed E-state index contributed by atoms with van der Waals surface area (Å²) in [5, 5.41) is 0.570. The van der Waals surface area contributed by atoms with Crippen molar-refractivity contribution >= 4 is 37.5 Å². The predicted molar refractivity (Wildman–Crippen MR) is 118 cm³/mol. The van der Waals surface area contributed by atoms with E-state index in [2.05, 4.69) is 9.88 Å². The normalized spacial score (nSPS) is 24.9. The number of pyridine rings is 1. The Hall–Kier alpha value is -1.21. The van der Waals surface area contributed by atoms with E-state index in [1.165, 1.54) is 28.3 Å². The van der Waals surface area contributed by atoms with Gasteiger partial charge >= 0.3 is 0 Å². The van der Waals surface area contributed by atoms with E-state index in [1.807, 2.05) is 7.05 Å². The first kappa shape index (κ1) is 23.0. The van der Waals surface area contributed by atoms with Gasteiger partial charge in [-0.25, -0.2) is 21.8 Å². The van der Waals surface area contributed by atoms with Crippen LogP contribution in [0.3, 0.4) is 0 Å². The third-order valence-corrected chi connectivity index (χ3v) is 10.5. The Labute approximate surface area is 188 Å². The summed E-state index contributed by atoms with van der Waals surface area (Å²) in [6.45, 7) is 2.31. The summed E-state index contributed by atoms with van der Waals surface area (Å²) >= 11 is 1.25. The molecule has 1 unspecified atom stereocenters. The maximum absolute atomic E-state index is 12.8. The van der Waals surface area contributed by atoms with Crippen molar-refractivity contribution in [2.45, 2.75) is 41.3 Å². The van der Waals surface area contributed by atoms with Crippen LogP contribution < -0.4 is 0 Å². The Morgan fingerprint density at radius 3 is 2.42 bits per heavy atom. The predicted octanol–water partition coefficient (Wildman–Crippen LogP) is 0.288. The largest absolute Gasteiger partial charge is 0.335 e. The van der Waals surface area contributed by atoms with Crippen molar-refractivity contribution in [1.82, 2.24) is 19.1 Å². The minimum atomic E-state index is -3.57. The number of sulfone groups is 1. The van der Waals surface area contributed by atoms with Gasteiger partial charge in [0, 0.05) is 44.5 Å². The number of carbonyl (C=O) groups is 1. The number of sulfonamides is 1. The zero-order chi connectivity index (χ0) is 22.2. The molecular weight excluding hydrogens is 460 g/mol. The lowest BCUT2D eigenvalue weighted by molar-refractivity contribution is -0.130. The lowest BCUT2D eigenvalue weighted by Gasteiger charge is -2.31. The first-order valence-electron chi connectivity index (χ1n) is 10.4. The molecule has 1 aromatic heterocycles. The highest BCUT2D eigenvalue weighted by Crippen LogP contribution is 2.33. The number of hydrogen-bond acceptors (Lipinski definition) is 8. The Bertz CT molecular complexity index is 1020. The molecule has 4 rings (SSSR count). The molecule has 0 N–H and O–H groups in total. The average Bonchev–Trinajstić information content (AvgIpc) is 3.49. The van der Waals surface area contributed by atoms with Crippen LogP contribution in [0.5, 0.6) is 0 Å². The maximum Gasteiger partial charge on any atom is 0.244 e.